The van der Waals surface area contributed by atoms with Crippen molar-refractivity contribution in [3.05, 3.63) is 102 Å². The normalized spacial score (nSPS) is 14.0. The van der Waals surface area contributed by atoms with E-state index in [1.807, 2.05) is 18.2 Å². The van der Waals surface area contributed by atoms with Crippen LogP contribution in [0.5, 0.6) is 0 Å². The molecule has 4 aromatic rings. The molecule has 0 saturated carbocycles. The van der Waals surface area contributed by atoms with Crippen LogP contribution in [0.4, 0.5) is 5.69 Å². The Hall–Kier alpha value is -4.28. The molecule has 0 unspecified atom stereocenters. The minimum absolute atomic E-state index is 0.00354. The molecule has 2 heterocycles. The fourth-order valence-electron chi connectivity index (χ4n) is 4.34. The second kappa shape index (κ2) is 10.00. The molecule has 2 N–H and O–H groups in total. The summed E-state index contributed by atoms with van der Waals surface area (Å²) in [7, 11) is -4.09. The summed E-state index contributed by atoms with van der Waals surface area (Å²) in [6.07, 6.45) is 1.53. The van der Waals surface area contributed by atoms with Gasteiger partial charge in [0.2, 0.25) is 0 Å². The number of nitrogens with two attached hydrogens (primary N) is 1. The number of aromatic nitrogens is 1. The SMILES string of the molecule is NN(c1ccc(C(=O)N2CCN(C(=O)c3ccccc3)CC2)cc1)S(=O)(=O)c1cccc2cccnc12. The van der Waals surface area contributed by atoms with Crippen molar-refractivity contribution in [2.24, 2.45) is 5.84 Å². The molecule has 1 saturated heterocycles. The van der Waals surface area contributed by atoms with E-state index in [-0.39, 0.29) is 22.4 Å². The van der Waals surface area contributed by atoms with Gasteiger partial charge in [0, 0.05) is 48.9 Å². The topological polar surface area (TPSA) is 117 Å². The summed E-state index contributed by atoms with van der Waals surface area (Å²) in [5.41, 5.74) is 1.57. The first-order valence-corrected chi connectivity index (χ1v) is 13.2. The van der Waals surface area contributed by atoms with Crippen LogP contribution in [0.1, 0.15) is 20.7 Å². The Balaban J connectivity index is 1.27. The van der Waals surface area contributed by atoms with Gasteiger partial charge in [-0.25, -0.2) is 10.3 Å². The second-order valence-electron chi connectivity index (χ2n) is 8.63. The number of nitrogens with zero attached hydrogens (tertiary/aromatic N) is 4. The number of carbonyl (C=O) groups excluding carboxylic acids is 2. The number of carbonyl (C=O) groups is 2. The largest absolute Gasteiger partial charge is 0.335 e. The highest BCUT2D eigenvalue weighted by Gasteiger charge is 2.27. The van der Waals surface area contributed by atoms with E-state index in [2.05, 4.69) is 4.98 Å². The van der Waals surface area contributed by atoms with Gasteiger partial charge in [-0.15, -0.1) is 0 Å². The quantitative estimate of drug-likeness (QED) is 0.323. The van der Waals surface area contributed by atoms with Gasteiger partial charge in [0.05, 0.1) is 11.2 Å². The molecular weight excluding hydrogens is 490 g/mol. The minimum atomic E-state index is -4.09. The molecule has 1 aliphatic rings. The highest BCUT2D eigenvalue weighted by molar-refractivity contribution is 7.93. The van der Waals surface area contributed by atoms with Gasteiger partial charge in [0.1, 0.15) is 4.90 Å². The van der Waals surface area contributed by atoms with Gasteiger partial charge in [-0.2, -0.15) is 8.42 Å². The van der Waals surface area contributed by atoms with Crippen molar-refractivity contribution in [2.45, 2.75) is 4.90 Å². The number of hydrogen-bond acceptors (Lipinski definition) is 6. The number of rotatable bonds is 5. The van der Waals surface area contributed by atoms with Crippen LogP contribution in [-0.2, 0) is 10.0 Å². The van der Waals surface area contributed by atoms with Gasteiger partial charge in [0.25, 0.3) is 21.8 Å². The van der Waals surface area contributed by atoms with Crippen LogP contribution >= 0.6 is 0 Å². The fourth-order valence-corrected chi connectivity index (χ4v) is 5.62. The number of benzene rings is 3. The molecule has 0 atom stereocenters. The Labute approximate surface area is 214 Å². The van der Waals surface area contributed by atoms with Gasteiger partial charge in [-0.3, -0.25) is 14.6 Å². The highest BCUT2D eigenvalue weighted by Crippen LogP contribution is 2.26. The summed E-state index contributed by atoms with van der Waals surface area (Å²) >= 11 is 0. The zero-order chi connectivity index (χ0) is 26.0. The van der Waals surface area contributed by atoms with Crippen LogP contribution in [-0.4, -0.2) is 61.2 Å². The number of hydrazine groups is 1. The monoisotopic (exact) mass is 515 g/mol. The van der Waals surface area contributed by atoms with Crippen molar-refractivity contribution >= 4 is 38.4 Å². The van der Waals surface area contributed by atoms with Crippen LogP contribution < -0.4 is 10.3 Å². The third kappa shape index (κ3) is 4.76. The summed E-state index contributed by atoms with van der Waals surface area (Å²) in [5.74, 6) is 5.80. The number of piperazine rings is 1. The van der Waals surface area contributed by atoms with E-state index in [9.17, 15) is 18.0 Å². The van der Waals surface area contributed by atoms with Crippen LogP contribution in [0.3, 0.4) is 0 Å². The number of fused-ring (bicyclic) bond motifs is 1. The third-order valence-electron chi connectivity index (χ3n) is 6.38. The molecule has 37 heavy (non-hydrogen) atoms. The van der Waals surface area contributed by atoms with E-state index in [4.69, 9.17) is 5.84 Å². The summed E-state index contributed by atoms with van der Waals surface area (Å²) < 4.78 is 27.2. The summed E-state index contributed by atoms with van der Waals surface area (Å²) in [6, 6.07) is 23.5. The van der Waals surface area contributed by atoms with E-state index >= 15 is 0 Å². The number of para-hydroxylation sites is 1. The average Bonchev–Trinajstić information content (AvgIpc) is 2.96. The van der Waals surface area contributed by atoms with Crippen molar-refractivity contribution in [3.8, 4) is 0 Å². The Morgan fingerprint density at radius 1 is 0.730 bits per heavy atom. The van der Waals surface area contributed by atoms with E-state index in [1.165, 1.54) is 24.4 Å². The molecule has 188 valence electrons. The second-order valence-corrected chi connectivity index (χ2v) is 10.4. The van der Waals surface area contributed by atoms with E-state index < -0.39 is 10.0 Å². The molecule has 0 spiro atoms. The minimum Gasteiger partial charge on any atom is -0.335 e. The number of pyridine rings is 1. The van der Waals surface area contributed by atoms with Crippen molar-refractivity contribution in [1.29, 1.82) is 0 Å². The van der Waals surface area contributed by atoms with Crippen LogP contribution in [0, 0.1) is 0 Å². The Bertz CT molecular complexity index is 1550. The van der Waals surface area contributed by atoms with Gasteiger partial charge in [-0.05, 0) is 48.5 Å². The lowest BCUT2D eigenvalue weighted by atomic mass is 10.1. The maximum absolute atomic E-state index is 13.3. The zero-order valence-electron chi connectivity index (χ0n) is 19.9. The van der Waals surface area contributed by atoms with Crippen molar-refractivity contribution < 1.29 is 18.0 Å². The number of anilines is 1. The Morgan fingerprint density at radius 2 is 1.30 bits per heavy atom. The molecule has 3 aromatic carbocycles. The third-order valence-corrected chi connectivity index (χ3v) is 7.99. The molecule has 1 aliphatic heterocycles. The summed E-state index contributed by atoms with van der Waals surface area (Å²) in [5, 5.41) is 0.684. The van der Waals surface area contributed by atoms with Crippen molar-refractivity contribution in [3.63, 3.8) is 0 Å². The van der Waals surface area contributed by atoms with Gasteiger partial charge in [0.15, 0.2) is 0 Å². The van der Waals surface area contributed by atoms with E-state index in [0.717, 1.165) is 0 Å². The van der Waals surface area contributed by atoms with Crippen LogP contribution in [0.25, 0.3) is 10.9 Å². The van der Waals surface area contributed by atoms with Crippen LogP contribution in [0.2, 0.25) is 0 Å². The molecule has 0 aliphatic carbocycles. The molecule has 1 fully saturated rings. The fraction of sp³-hybridized carbons (Fsp3) is 0.148. The maximum atomic E-state index is 13.3. The zero-order valence-corrected chi connectivity index (χ0v) is 20.7. The first-order chi connectivity index (χ1) is 17.9. The Morgan fingerprint density at radius 3 is 1.92 bits per heavy atom. The molecular formula is C27H25N5O4S. The molecule has 1 aromatic heterocycles. The lowest BCUT2D eigenvalue weighted by Crippen LogP contribution is -2.50. The number of amides is 2. The van der Waals surface area contributed by atoms with Crippen LogP contribution in [0.15, 0.2) is 96.0 Å². The smallest absolute Gasteiger partial charge is 0.279 e. The number of hydrogen-bond donors (Lipinski definition) is 1. The van der Waals surface area contributed by atoms with Crippen molar-refractivity contribution in [1.82, 2.24) is 14.8 Å². The van der Waals surface area contributed by atoms with E-state index in [0.29, 0.717) is 52.6 Å². The lowest BCUT2D eigenvalue weighted by Gasteiger charge is -2.35. The Kier molecular flexibility index (Phi) is 6.60. The maximum Gasteiger partial charge on any atom is 0.279 e. The van der Waals surface area contributed by atoms with E-state index in [1.54, 1.807) is 58.3 Å². The number of sulfonamides is 1. The molecule has 9 nitrogen and oxygen atoms in total. The molecule has 10 heteroatoms. The standard InChI is InChI=1S/C27H25N5O4S/c28-32(37(35,36)24-10-4-8-20-9-5-15-29-25(20)24)23-13-11-22(12-14-23)27(34)31-18-16-30(17-19-31)26(33)21-6-2-1-3-7-21/h1-15H,16-19,28H2. The summed E-state index contributed by atoms with van der Waals surface area (Å²) in [4.78, 5) is 33.3. The average molecular weight is 516 g/mol. The highest BCUT2D eigenvalue weighted by atomic mass is 32.2. The first-order valence-electron chi connectivity index (χ1n) is 11.7. The van der Waals surface area contributed by atoms with Gasteiger partial charge >= 0.3 is 0 Å². The molecule has 5 rings (SSSR count). The van der Waals surface area contributed by atoms with Crippen molar-refractivity contribution in [2.75, 3.05) is 30.6 Å². The summed E-state index contributed by atoms with van der Waals surface area (Å²) in [6.45, 7) is 1.69. The molecule has 2 amide bonds. The molecule has 0 bridgehead atoms. The predicted octanol–water partition coefficient (Wildman–Crippen LogP) is 2.90. The van der Waals surface area contributed by atoms with Gasteiger partial charge in [-0.1, -0.05) is 36.4 Å². The first kappa shape index (κ1) is 24.4. The lowest BCUT2D eigenvalue weighted by molar-refractivity contribution is 0.0535. The van der Waals surface area contributed by atoms with Gasteiger partial charge < -0.3 is 9.80 Å². The predicted molar refractivity (Wildman–Crippen MR) is 140 cm³/mol. The molecule has 0 radical (unpaired) electrons.